The second kappa shape index (κ2) is 5.46. The summed E-state index contributed by atoms with van der Waals surface area (Å²) in [6, 6.07) is 5.91. The molecule has 0 spiro atoms. The normalized spacial score (nSPS) is 14.1. The van der Waals surface area contributed by atoms with Crippen molar-refractivity contribution < 1.29 is 14.2 Å². The first-order valence-corrected chi connectivity index (χ1v) is 7.86. The van der Waals surface area contributed by atoms with Crippen LogP contribution in [-0.2, 0) is 6.54 Å². The Morgan fingerprint density at radius 2 is 2.35 bits per heavy atom. The van der Waals surface area contributed by atoms with E-state index in [1.807, 2.05) is 37.5 Å². The Bertz CT molecular complexity index is 864. The summed E-state index contributed by atoms with van der Waals surface area (Å²) in [4.78, 5) is 23.2. The van der Waals surface area contributed by atoms with Crippen molar-refractivity contribution in [3.63, 3.8) is 0 Å². The number of nitrogens with one attached hydrogen (secondary N) is 3. The van der Waals surface area contributed by atoms with Crippen molar-refractivity contribution in [3.05, 3.63) is 59.7 Å². The van der Waals surface area contributed by atoms with Gasteiger partial charge in [0.05, 0.1) is 18.3 Å². The molecule has 0 aliphatic heterocycles. The van der Waals surface area contributed by atoms with Crippen LogP contribution in [0.5, 0.6) is 0 Å². The van der Waals surface area contributed by atoms with Crippen LogP contribution in [0.2, 0.25) is 0 Å². The van der Waals surface area contributed by atoms with Crippen LogP contribution in [-0.4, -0.2) is 15.9 Å². The summed E-state index contributed by atoms with van der Waals surface area (Å²) in [6.45, 7) is 2.34. The lowest BCUT2D eigenvalue weighted by molar-refractivity contribution is -0.521. The van der Waals surface area contributed by atoms with E-state index in [4.69, 9.17) is 0 Å². The maximum Gasteiger partial charge on any atom is 0.296 e. The summed E-state index contributed by atoms with van der Waals surface area (Å²) in [7, 11) is 0. The molecule has 116 valence electrons. The van der Waals surface area contributed by atoms with Crippen LogP contribution >= 0.6 is 0 Å². The number of nitrogens with zero attached hydrogens (tertiary/aromatic N) is 2. The van der Waals surface area contributed by atoms with Gasteiger partial charge in [0.15, 0.2) is 11.7 Å². The van der Waals surface area contributed by atoms with Gasteiger partial charge in [-0.3, -0.25) is 4.79 Å². The first kappa shape index (κ1) is 13.9. The van der Waals surface area contributed by atoms with Gasteiger partial charge in [-0.2, -0.15) is 4.40 Å². The van der Waals surface area contributed by atoms with E-state index in [1.54, 1.807) is 6.20 Å². The molecule has 1 aliphatic carbocycles. The molecule has 0 saturated heterocycles. The number of imidazole rings is 1. The van der Waals surface area contributed by atoms with Crippen LogP contribution < -0.4 is 14.7 Å². The lowest BCUT2D eigenvalue weighted by Crippen LogP contribution is -2.28. The fourth-order valence-electron chi connectivity index (χ4n) is 2.75. The standard InChI is InChI=1S/C17H17N5O/c1-11-8-19-13(9-18-11)10-20-17(23)15-14-4-2-3-7-22(14)16(21-15)12-5-6-12/h2-4,7-9,12H,5-6,10H2,1H3,(H,20,23)/p+2. The summed E-state index contributed by atoms with van der Waals surface area (Å²) in [6.07, 6.45) is 7.94. The lowest BCUT2D eigenvalue weighted by Gasteiger charge is -1.98. The Balaban J connectivity index is 1.58. The second-order valence-corrected chi connectivity index (χ2v) is 6.01. The number of aromatic amines is 2. The van der Waals surface area contributed by atoms with Gasteiger partial charge in [-0.1, -0.05) is 6.07 Å². The molecule has 0 bridgehead atoms. The quantitative estimate of drug-likeness (QED) is 0.708. The van der Waals surface area contributed by atoms with Gasteiger partial charge in [0.2, 0.25) is 11.4 Å². The number of carbonyl (C=O) groups excluding carboxylic acids is 1. The number of rotatable bonds is 4. The highest BCUT2D eigenvalue weighted by Gasteiger charge is 2.35. The molecular weight excluding hydrogens is 290 g/mol. The van der Waals surface area contributed by atoms with Crippen molar-refractivity contribution in [2.45, 2.75) is 32.2 Å². The van der Waals surface area contributed by atoms with E-state index in [0.717, 1.165) is 22.7 Å². The fourth-order valence-corrected chi connectivity index (χ4v) is 2.75. The van der Waals surface area contributed by atoms with Crippen LogP contribution in [0.3, 0.4) is 0 Å². The highest BCUT2D eigenvalue weighted by molar-refractivity contribution is 5.97. The van der Waals surface area contributed by atoms with Gasteiger partial charge in [0.25, 0.3) is 11.7 Å². The van der Waals surface area contributed by atoms with Gasteiger partial charge in [-0.05, 0) is 31.9 Å². The number of pyridine rings is 1. The van der Waals surface area contributed by atoms with Gasteiger partial charge in [0.1, 0.15) is 12.2 Å². The highest BCUT2D eigenvalue weighted by atomic mass is 16.1. The highest BCUT2D eigenvalue weighted by Crippen LogP contribution is 2.37. The Morgan fingerprint density at radius 3 is 3.09 bits per heavy atom. The molecule has 1 aliphatic rings. The molecule has 0 aromatic carbocycles. The van der Waals surface area contributed by atoms with Crippen LogP contribution in [0.15, 0.2) is 36.8 Å². The molecule has 23 heavy (non-hydrogen) atoms. The molecule has 0 unspecified atom stereocenters. The monoisotopic (exact) mass is 309 g/mol. The maximum atomic E-state index is 12.6. The van der Waals surface area contributed by atoms with Gasteiger partial charge in [-0.15, -0.1) is 0 Å². The minimum absolute atomic E-state index is 0.102. The first-order chi connectivity index (χ1) is 11.2. The number of aryl methyl sites for hydroxylation is 1. The van der Waals surface area contributed by atoms with E-state index in [1.165, 1.54) is 12.8 Å². The van der Waals surface area contributed by atoms with Crippen molar-refractivity contribution in [3.8, 4) is 0 Å². The number of aromatic nitrogens is 4. The van der Waals surface area contributed by atoms with Gasteiger partial charge in [0, 0.05) is 0 Å². The fraction of sp³-hybridized carbons (Fsp3) is 0.294. The third kappa shape index (κ3) is 2.67. The number of carbonyl (C=O) groups is 1. The smallest absolute Gasteiger partial charge is 0.296 e. The molecule has 6 nitrogen and oxygen atoms in total. The summed E-state index contributed by atoms with van der Waals surface area (Å²) < 4.78 is 2.09. The molecule has 3 heterocycles. The molecule has 3 aromatic rings. The summed E-state index contributed by atoms with van der Waals surface area (Å²) >= 11 is 0. The van der Waals surface area contributed by atoms with Crippen LogP contribution in [0.1, 0.15) is 46.5 Å². The molecule has 0 atom stereocenters. The zero-order chi connectivity index (χ0) is 15.8. The molecule has 1 fully saturated rings. The van der Waals surface area contributed by atoms with Crippen LogP contribution in [0, 0.1) is 6.92 Å². The molecule has 3 N–H and O–H groups in total. The van der Waals surface area contributed by atoms with E-state index in [2.05, 4.69) is 24.7 Å². The summed E-state index contributed by atoms with van der Waals surface area (Å²) in [5.41, 5.74) is 3.32. The van der Waals surface area contributed by atoms with Crippen molar-refractivity contribution >= 4 is 11.4 Å². The topological polar surface area (TPSA) is 76.0 Å². The molecule has 6 heteroatoms. The Morgan fingerprint density at radius 1 is 1.48 bits per heavy atom. The average Bonchev–Trinajstić information content (AvgIpc) is 3.34. The van der Waals surface area contributed by atoms with Crippen molar-refractivity contribution in [2.24, 2.45) is 0 Å². The van der Waals surface area contributed by atoms with E-state index in [0.29, 0.717) is 18.2 Å². The van der Waals surface area contributed by atoms with Crippen LogP contribution in [0.25, 0.3) is 5.52 Å². The Labute approximate surface area is 133 Å². The van der Waals surface area contributed by atoms with E-state index < -0.39 is 0 Å². The second-order valence-electron chi connectivity index (χ2n) is 6.01. The van der Waals surface area contributed by atoms with Gasteiger partial charge < -0.3 is 5.32 Å². The SMILES string of the molecule is Cc1c[nH+]c(CNC(=O)c2[nH]c(C3CC3)[n+]3ccccc23)cn1. The zero-order valence-electron chi connectivity index (χ0n) is 13.0. The van der Waals surface area contributed by atoms with Crippen LogP contribution in [0.4, 0.5) is 0 Å². The molecule has 1 saturated carbocycles. The van der Waals surface area contributed by atoms with Gasteiger partial charge in [-0.25, -0.2) is 15.0 Å². The predicted octanol–water partition coefficient (Wildman–Crippen LogP) is 1.08. The average molecular weight is 309 g/mol. The number of hydrogen-bond donors (Lipinski definition) is 2. The number of amides is 1. The largest absolute Gasteiger partial charge is 0.338 e. The minimum Gasteiger partial charge on any atom is -0.338 e. The minimum atomic E-state index is -0.102. The molecule has 1 amide bonds. The summed E-state index contributed by atoms with van der Waals surface area (Å²) in [5.74, 6) is 1.56. The maximum absolute atomic E-state index is 12.6. The predicted molar refractivity (Wildman–Crippen MR) is 82.6 cm³/mol. The Hall–Kier alpha value is -2.76. The van der Waals surface area contributed by atoms with Gasteiger partial charge >= 0.3 is 0 Å². The lowest BCUT2D eigenvalue weighted by atomic mass is 10.3. The Kier molecular flexibility index (Phi) is 3.29. The first-order valence-electron chi connectivity index (χ1n) is 7.86. The van der Waals surface area contributed by atoms with Crippen molar-refractivity contribution in [1.29, 1.82) is 0 Å². The summed E-state index contributed by atoms with van der Waals surface area (Å²) in [5, 5.41) is 2.94. The molecule has 0 radical (unpaired) electrons. The van der Waals surface area contributed by atoms with E-state index in [9.17, 15) is 4.79 Å². The number of hydrogen-bond acceptors (Lipinski definition) is 2. The van der Waals surface area contributed by atoms with E-state index in [-0.39, 0.29) is 5.91 Å². The molecular formula is C17H19N5O+2. The van der Waals surface area contributed by atoms with E-state index >= 15 is 0 Å². The van der Waals surface area contributed by atoms with Crippen molar-refractivity contribution in [2.75, 3.05) is 0 Å². The molecule has 4 rings (SSSR count). The third-order valence-corrected chi connectivity index (χ3v) is 4.15. The zero-order valence-corrected chi connectivity index (χ0v) is 13.0. The molecule has 3 aromatic heterocycles. The third-order valence-electron chi connectivity index (χ3n) is 4.15. The van der Waals surface area contributed by atoms with Crippen molar-refractivity contribution in [1.82, 2.24) is 15.3 Å². The number of H-pyrrole nitrogens is 2. The number of fused-ring (bicyclic) bond motifs is 1.